The minimum atomic E-state index is -0.447. The first-order valence-corrected chi connectivity index (χ1v) is 13.1. The van der Waals surface area contributed by atoms with Crippen molar-refractivity contribution in [2.45, 2.75) is 20.5 Å². The number of amides is 1. The summed E-state index contributed by atoms with van der Waals surface area (Å²) in [6.45, 7) is 4.24. The Bertz CT molecular complexity index is 1440. The van der Waals surface area contributed by atoms with Gasteiger partial charge in [0.15, 0.2) is 16.7 Å². The predicted molar refractivity (Wildman–Crippen MR) is 150 cm³/mol. The largest absolute Gasteiger partial charge is 0.490 e. The first-order valence-electron chi connectivity index (χ1n) is 11.1. The first-order chi connectivity index (χ1) is 17.7. The van der Waals surface area contributed by atoms with Crippen molar-refractivity contribution in [3.8, 4) is 11.5 Å². The number of halogens is 2. The van der Waals surface area contributed by atoms with E-state index in [-0.39, 0.29) is 18.2 Å². The van der Waals surface area contributed by atoms with Crippen molar-refractivity contribution in [2.24, 2.45) is 4.99 Å². The van der Waals surface area contributed by atoms with Gasteiger partial charge >= 0.3 is 0 Å². The Morgan fingerprint density at radius 1 is 1.16 bits per heavy atom. The monoisotopic (exact) mass is 601 g/mol. The van der Waals surface area contributed by atoms with Gasteiger partial charge in [-0.1, -0.05) is 45.7 Å². The van der Waals surface area contributed by atoms with Crippen LogP contribution in [0.2, 0.25) is 5.02 Å². The molecule has 1 heterocycles. The van der Waals surface area contributed by atoms with Gasteiger partial charge in [-0.05, 0) is 72.6 Å². The third-order valence-corrected chi connectivity index (χ3v) is 7.28. The number of hydrogen-bond acceptors (Lipinski definition) is 7. The van der Waals surface area contributed by atoms with Crippen LogP contribution in [-0.2, 0) is 11.4 Å². The zero-order chi connectivity index (χ0) is 26.5. The molecule has 37 heavy (non-hydrogen) atoms. The second-order valence-electron chi connectivity index (χ2n) is 7.83. The number of carbonyl (C=O) groups is 1. The summed E-state index contributed by atoms with van der Waals surface area (Å²) in [5.41, 5.74) is 2.87. The zero-order valence-electron chi connectivity index (χ0n) is 19.8. The molecule has 1 N–H and O–H groups in total. The fourth-order valence-electron chi connectivity index (χ4n) is 3.41. The fourth-order valence-corrected chi connectivity index (χ4v) is 4.84. The molecule has 11 heteroatoms. The second-order valence-corrected chi connectivity index (χ2v) is 10.1. The maximum Gasteiger partial charge on any atom is 0.269 e. The van der Waals surface area contributed by atoms with Crippen molar-refractivity contribution in [1.82, 2.24) is 5.32 Å². The van der Waals surface area contributed by atoms with E-state index in [1.807, 2.05) is 26.0 Å². The summed E-state index contributed by atoms with van der Waals surface area (Å²) in [5.74, 6) is 0.679. The van der Waals surface area contributed by atoms with E-state index in [1.54, 1.807) is 36.4 Å². The maximum atomic E-state index is 12.6. The Kier molecular flexibility index (Phi) is 8.52. The molecular weight excluding hydrogens is 582 g/mol. The molecule has 0 spiro atoms. The number of nitro groups is 1. The molecule has 0 radical (unpaired) electrons. The van der Waals surface area contributed by atoms with Crippen LogP contribution in [0.15, 0.2) is 69.0 Å². The number of rotatable bonds is 8. The summed E-state index contributed by atoms with van der Waals surface area (Å²) >= 11 is 11.0. The highest BCUT2D eigenvalue weighted by Gasteiger charge is 2.25. The molecule has 0 saturated carbocycles. The van der Waals surface area contributed by atoms with Crippen LogP contribution in [-0.4, -0.2) is 22.6 Å². The van der Waals surface area contributed by atoms with Crippen LogP contribution in [0, 0.1) is 17.0 Å². The number of nitro benzene ring substituents is 1. The molecule has 190 valence electrons. The van der Waals surface area contributed by atoms with Crippen LogP contribution in [0.25, 0.3) is 6.08 Å². The molecule has 0 aromatic heterocycles. The van der Waals surface area contributed by atoms with E-state index in [4.69, 9.17) is 21.1 Å². The summed E-state index contributed by atoms with van der Waals surface area (Å²) < 4.78 is 12.4. The average molecular weight is 603 g/mol. The molecule has 8 nitrogen and oxygen atoms in total. The molecule has 0 aliphatic carbocycles. The van der Waals surface area contributed by atoms with Gasteiger partial charge in [0.1, 0.15) is 6.61 Å². The van der Waals surface area contributed by atoms with E-state index >= 15 is 0 Å². The minimum absolute atomic E-state index is 0.00458. The van der Waals surface area contributed by atoms with Gasteiger partial charge in [0.2, 0.25) is 0 Å². The molecule has 1 aliphatic rings. The number of hydrogen-bond donors (Lipinski definition) is 1. The molecule has 4 rings (SSSR count). The zero-order valence-corrected chi connectivity index (χ0v) is 22.9. The maximum absolute atomic E-state index is 12.6. The normalized spacial score (nSPS) is 15.2. The van der Waals surface area contributed by atoms with Crippen LogP contribution >= 0.6 is 39.3 Å². The minimum Gasteiger partial charge on any atom is -0.490 e. The molecule has 3 aromatic carbocycles. The summed E-state index contributed by atoms with van der Waals surface area (Å²) in [5, 5.41) is 14.9. The van der Waals surface area contributed by atoms with Gasteiger partial charge < -0.3 is 14.8 Å². The molecule has 0 atom stereocenters. The third-order valence-electron chi connectivity index (χ3n) is 5.28. The summed E-state index contributed by atoms with van der Waals surface area (Å²) in [6.07, 6.45) is 1.74. The first kappa shape index (κ1) is 26.7. The van der Waals surface area contributed by atoms with Crippen molar-refractivity contribution in [1.29, 1.82) is 0 Å². The number of amidine groups is 1. The van der Waals surface area contributed by atoms with E-state index in [9.17, 15) is 14.9 Å². The molecule has 1 aliphatic heterocycles. The van der Waals surface area contributed by atoms with Gasteiger partial charge in [0.05, 0.1) is 22.1 Å². The Labute approximate surface area is 231 Å². The van der Waals surface area contributed by atoms with Crippen LogP contribution in [0.5, 0.6) is 11.5 Å². The van der Waals surface area contributed by atoms with E-state index in [0.717, 1.165) is 5.56 Å². The average Bonchev–Trinajstić information content (AvgIpc) is 3.21. The SMILES string of the molecule is CCOc1cc(/C=C2/SC(=Nc3cccc(Cl)c3C)NC2=O)c(Br)cc1OCc1cccc([N+](=O)[O-])c1. The number of aliphatic imine (C=N–C) groups is 1. The molecule has 0 unspecified atom stereocenters. The van der Waals surface area contributed by atoms with Crippen molar-refractivity contribution < 1.29 is 19.2 Å². The van der Waals surface area contributed by atoms with Crippen LogP contribution in [0.4, 0.5) is 11.4 Å². The Morgan fingerprint density at radius 3 is 2.68 bits per heavy atom. The van der Waals surface area contributed by atoms with Gasteiger partial charge in [-0.25, -0.2) is 4.99 Å². The van der Waals surface area contributed by atoms with Crippen LogP contribution in [0.1, 0.15) is 23.6 Å². The number of nitrogens with one attached hydrogen (secondary N) is 1. The number of non-ortho nitro benzene ring substituents is 1. The lowest BCUT2D eigenvalue weighted by molar-refractivity contribution is -0.384. The number of nitrogens with zero attached hydrogens (tertiary/aromatic N) is 2. The lowest BCUT2D eigenvalue weighted by atomic mass is 10.1. The third kappa shape index (κ3) is 6.51. The molecular formula is C26H21BrClN3O5S. The predicted octanol–water partition coefficient (Wildman–Crippen LogP) is 7.19. The summed E-state index contributed by atoms with van der Waals surface area (Å²) in [7, 11) is 0. The van der Waals surface area contributed by atoms with Gasteiger partial charge in [-0.3, -0.25) is 14.9 Å². The van der Waals surface area contributed by atoms with Gasteiger partial charge in [-0.15, -0.1) is 0 Å². The van der Waals surface area contributed by atoms with E-state index in [2.05, 4.69) is 26.2 Å². The van der Waals surface area contributed by atoms with Crippen LogP contribution < -0.4 is 14.8 Å². The highest BCUT2D eigenvalue weighted by Crippen LogP contribution is 2.38. The fraction of sp³-hybridized carbons (Fsp3) is 0.154. The molecule has 1 fully saturated rings. The van der Waals surface area contributed by atoms with Crippen molar-refractivity contribution in [3.63, 3.8) is 0 Å². The molecule has 3 aromatic rings. The number of benzene rings is 3. The van der Waals surface area contributed by atoms with Gasteiger partial charge in [0, 0.05) is 21.6 Å². The molecule has 1 amide bonds. The van der Waals surface area contributed by atoms with Crippen LogP contribution in [0.3, 0.4) is 0 Å². The second kappa shape index (κ2) is 11.8. The van der Waals surface area contributed by atoms with E-state index < -0.39 is 4.92 Å². The van der Waals surface area contributed by atoms with Crippen molar-refractivity contribution in [2.75, 3.05) is 6.61 Å². The van der Waals surface area contributed by atoms with Crippen molar-refractivity contribution in [3.05, 3.63) is 95.8 Å². The highest BCUT2D eigenvalue weighted by atomic mass is 79.9. The van der Waals surface area contributed by atoms with Gasteiger partial charge in [-0.2, -0.15) is 0 Å². The standard InChI is InChI=1S/C26H21BrClN3O5S/c1-3-35-22-11-17(19(27)13-23(22)36-14-16-6-4-7-18(10-16)31(33)34)12-24-25(32)30-26(37-24)29-21-9-5-8-20(28)15(21)2/h4-13H,3,14H2,1-2H3,(H,29,30,32)/b24-12+. The Morgan fingerprint density at radius 2 is 1.92 bits per heavy atom. The van der Waals surface area contributed by atoms with Crippen molar-refractivity contribution >= 4 is 67.8 Å². The van der Waals surface area contributed by atoms with E-state index in [1.165, 1.54) is 23.9 Å². The number of carbonyl (C=O) groups excluding carboxylic acids is 1. The van der Waals surface area contributed by atoms with Gasteiger partial charge in [0.25, 0.3) is 11.6 Å². The quantitative estimate of drug-likeness (QED) is 0.166. The lowest BCUT2D eigenvalue weighted by Gasteiger charge is -2.14. The molecule has 1 saturated heterocycles. The summed E-state index contributed by atoms with van der Waals surface area (Å²) in [4.78, 5) is 28.2. The number of thioether (sulfide) groups is 1. The smallest absolute Gasteiger partial charge is 0.269 e. The van der Waals surface area contributed by atoms with E-state index in [0.29, 0.717) is 54.5 Å². The summed E-state index contributed by atoms with van der Waals surface area (Å²) in [6, 6.07) is 15.2. The Balaban J connectivity index is 1.57. The highest BCUT2D eigenvalue weighted by molar-refractivity contribution is 9.10. The lowest BCUT2D eigenvalue weighted by Crippen LogP contribution is -2.19. The topological polar surface area (TPSA) is 103 Å². The number of ether oxygens (including phenoxy) is 2. The Hall–Kier alpha value is -3.34. The molecule has 0 bridgehead atoms.